The first-order valence-corrected chi connectivity index (χ1v) is 9.49. The number of carbonyl (C=O) groups is 2. The van der Waals surface area contributed by atoms with E-state index in [4.69, 9.17) is 0 Å². The second kappa shape index (κ2) is 7.83. The Hall–Kier alpha value is -2.81. The number of carbonyl (C=O) groups excluding carboxylic acids is 2. The van der Waals surface area contributed by atoms with Crippen LogP contribution in [0.3, 0.4) is 0 Å². The number of nitro groups is 1. The summed E-state index contributed by atoms with van der Waals surface area (Å²) in [5, 5.41) is 13.4. The summed E-state index contributed by atoms with van der Waals surface area (Å²) in [7, 11) is 1.67. The molecule has 2 heterocycles. The molecule has 1 atom stereocenters. The number of likely N-dealkylation sites (N-methyl/N-ethyl adjacent to an activating group) is 1. The molecule has 0 unspecified atom stereocenters. The number of anilines is 1. The molecule has 3 rings (SSSR count). The van der Waals surface area contributed by atoms with Gasteiger partial charge in [0, 0.05) is 37.5 Å². The monoisotopic (exact) mass is 388 g/mol. The second-order valence-corrected chi connectivity index (χ2v) is 7.32. The van der Waals surface area contributed by atoms with Gasteiger partial charge in [-0.3, -0.25) is 24.6 Å². The number of hydrogen-bond acceptors (Lipinski definition) is 6. The lowest BCUT2D eigenvalue weighted by molar-refractivity contribution is -0.384. The molecule has 0 N–H and O–H groups in total. The van der Waals surface area contributed by atoms with Crippen molar-refractivity contribution in [1.29, 1.82) is 0 Å². The van der Waals surface area contributed by atoms with Gasteiger partial charge in [0.2, 0.25) is 11.8 Å². The summed E-state index contributed by atoms with van der Waals surface area (Å²) in [4.78, 5) is 42.6. The quantitative estimate of drug-likeness (QED) is 0.560. The Morgan fingerprint density at radius 3 is 2.93 bits per heavy atom. The summed E-state index contributed by atoms with van der Waals surface area (Å²) in [6.07, 6.45) is 1.49. The Morgan fingerprint density at radius 2 is 2.26 bits per heavy atom. The van der Waals surface area contributed by atoms with E-state index >= 15 is 0 Å². The number of thiazole rings is 1. The maximum absolute atomic E-state index is 12.6. The van der Waals surface area contributed by atoms with Crippen molar-refractivity contribution in [3.8, 4) is 0 Å². The normalized spacial score (nSPS) is 15.0. The topological polar surface area (TPSA) is 96.6 Å². The number of nitro benzene ring substituents is 1. The summed E-state index contributed by atoms with van der Waals surface area (Å²) < 4.78 is 0. The lowest BCUT2D eigenvalue weighted by Crippen LogP contribution is -2.31. The van der Waals surface area contributed by atoms with E-state index in [0.717, 1.165) is 6.42 Å². The molecule has 8 nitrogen and oxygen atoms in total. The highest BCUT2D eigenvalue weighted by Gasteiger charge is 2.25. The van der Waals surface area contributed by atoms with E-state index in [0.29, 0.717) is 29.4 Å². The zero-order valence-electron chi connectivity index (χ0n) is 15.1. The molecule has 2 aromatic rings. The maximum atomic E-state index is 12.6. The average molecular weight is 388 g/mol. The largest absolute Gasteiger partial charge is 0.339 e. The minimum atomic E-state index is -0.450. The zero-order valence-corrected chi connectivity index (χ0v) is 15.9. The molecule has 9 heteroatoms. The predicted molar refractivity (Wildman–Crippen MR) is 102 cm³/mol. The van der Waals surface area contributed by atoms with Gasteiger partial charge in [-0.2, -0.15) is 0 Å². The molecule has 0 radical (unpaired) electrons. The van der Waals surface area contributed by atoms with Crippen LogP contribution in [0.1, 0.15) is 37.1 Å². The molecule has 0 bridgehead atoms. The Labute approximate surface area is 160 Å². The summed E-state index contributed by atoms with van der Waals surface area (Å²) in [6, 6.07) is 5.97. The summed E-state index contributed by atoms with van der Waals surface area (Å²) in [5.74, 6) is -0.0720. The van der Waals surface area contributed by atoms with Crippen LogP contribution in [0, 0.1) is 10.1 Å². The molecular weight excluding hydrogens is 368 g/mol. The van der Waals surface area contributed by atoms with Crippen molar-refractivity contribution in [2.45, 2.75) is 32.2 Å². The van der Waals surface area contributed by atoms with Crippen LogP contribution in [0.5, 0.6) is 0 Å². The smallest absolute Gasteiger partial charge is 0.269 e. The number of hydrogen-bond donors (Lipinski definition) is 0. The van der Waals surface area contributed by atoms with Crippen molar-refractivity contribution in [2.75, 3.05) is 18.5 Å². The minimum absolute atomic E-state index is 0.000350. The first-order chi connectivity index (χ1) is 12.9. The van der Waals surface area contributed by atoms with Crippen molar-refractivity contribution in [2.24, 2.45) is 0 Å². The number of non-ortho nitro benzene ring substituents is 1. The predicted octanol–water partition coefficient (Wildman–Crippen LogP) is 2.94. The minimum Gasteiger partial charge on any atom is -0.339 e. The van der Waals surface area contributed by atoms with Crippen molar-refractivity contribution in [1.82, 2.24) is 9.88 Å². The van der Waals surface area contributed by atoms with Crippen LogP contribution in [0.25, 0.3) is 0 Å². The molecule has 1 fully saturated rings. The average Bonchev–Trinajstić information content (AvgIpc) is 3.29. The van der Waals surface area contributed by atoms with E-state index in [1.54, 1.807) is 34.4 Å². The maximum Gasteiger partial charge on any atom is 0.269 e. The van der Waals surface area contributed by atoms with E-state index in [9.17, 15) is 19.7 Å². The van der Waals surface area contributed by atoms with E-state index in [1.807, 2.05) is 6.92 Å². The summed E-state index contributed by atoms with van der Waals surface area (Å²) >= 11 is 1.36. The van der Waals surface area contributed by atoms with E-state index in [-0.39, 0.29) is 30.0 Å². The molecular formula is C18H20N4O4S. The van der Waals surface area contributed by atoms with Crippen molar-refractivity contribution >= 4 is 34.0 Å². The standard InChI is InChI=1S/C18H20N4O4S/c1-12(13-5-3-6-15(9-13)22(25)26)20(2)17(24)10-14-11-27-18(19-14)21-8-4-7-16(21)23/h3,5-6,9,11-12H,4,7-8,10H2,1-2H3/t12-/m0/s1. The van der Waals surface area contributed by atoms with Crippen molar-refractivity contribution < 1.29 is 14.5 Å². The highest BCUT2D eigenvalue weighted by molar-refractivity contribution is 7.14. The number of rotatable bonds is 6. The molecule has 0 saturated carbocycles. The van der Waals surface area contributed by atoms with Gasteiger partial charge in [0.15, 0.2) is 5.13 Å². The molecule has 1 aliphatic rings. The van der Waals surface area contributed by atoms with Gasteiger partial charge in [-0.15, -0.1) is 11.3 Å². The Kier molecular flexibility index (Phi) is 5.50. The van der Waals surface area contributed by atoms with Gasteiger partial charge in [0.05, 0.1) is 23.1 Å². The fourth-order valence-electron chi connectivity index (χ4n) is 2.97. The zero-order chi connectivity index (χ0) is 19.6. The van der Waals surface area contributed by atoms with E-state index in [1.165, 1.54) is 23.5 Å². The van der Waals surface area contributed by atoms with Gasteiger partial charge in [-0.05, 0) is 18.9 Å². The second-order valence-electron chi connectivity index (χ2n) is 6.48. The van der Waals surface area contributed by atoms with Gasteiger partial charge >= 0.3 is 0 Å². The lowest BCUT2D eigenvalue weighted by atomic mass is 10.1. The van der Waals surface area contributed by atoms with Crippen molar-refractivity contribution in [3.05, 3.63) is 51.0 Å². The number of amides is 2. The fourth-order valence-corrected chi connectivity index (χ4v) is 3.84. The van der Waals surface area contributed by atoms with Gasteiger partial charge in [0.1, 0.15) is 0 Å². The molecule has 2 amide bonds. The third-order valence-corrected chi connectivity index (χ3v) is 5.63. The van der Waals surface area contributed by atoms with Crippen molar-refractivity contribution in [3.63, 3.8) is 0 Å². The van der Waals surface area contributed by atoms with Crippen LogP contribution in [-0.4, -0.2) is 40.2 Å². The molecule has 27 heavy (non-hydrogen) atoms. The number of aromatic nitrogens is 1. The fraction of sp³-hybridized carbons (Fsp3) is 0.389. The van der Waals surface area contributed by atoms with Gasteiger partial charge in [0.25, 0.3) is 5.69 Å². The van der Waals surface area contributed by atoms with Gasteiger partial charge < -0.3 is 4.90 Å². The van der Waals surface area contributed by atoms with E-state index < -0.39 is 4.92 Å². The number of nitrogens with zero attached hydrogens (tertiary/aromatic N) is 4. The molecule has 0 spiro atoms. The van der Waals surface area contributed by atoms with Crippen LogP contribution in [-0.2, 0) is 16.0 Å². The lowest BCUT2D eigenvalue weighted by Gasteiger charge is -2.25. The molecule has 0 aliphatic carbocycles. The third-order valence-electron chi connectivity index (χ3n) is 4.71. The van der Waals surface area contributed by atoms with Crippen LogP contribution < -0.4 is 4.90 Å². The van der Waals surface area contributed by atoms with Crippen LogP contribution in [0.2, 0.25) is 0 Å². The first-order valence-electron chi connectivity index (χ1n) is 8.61. The van der Waals surface area contributed by atoms with Gasteiger partial charge in [-0.25, -0.2) is 4.98 Å². The number of benzene rings is 1. The van der Waals surface area contributed by atoms with E-state index in [2.05, 4.69) is 4.98 Å². The molecule has 1 aliphatic heterocycles. The van der Waals surface area contributed by atoms with Crippen LogP contribution in [0.15, 0.2) is 29.6 Å². The van der Waals surface area contributed by atoms with Crippen LogP contribution >= 0.6 is 11.3 Å². The summed E-state index contributed by atoms with van der Waals surface area (Å²) in [6.45, 7) is 2.50. The molecule has 1 aromatic carbocycles. The highest BCUT2D eigenvalue weighted by atomic mass is 32.1. The third kappa shape index (κ3) is 4.13. The molecule has 1 aromatic heterocycles. The molecule has 142 valence electrons. The Morgan fingerprint density at radius 1 is 1.48 bits per heavy atom. The van der Waals surface area contributed by atoms with Gasteiger partial charge in [-0.1, -0.05) is 12.1 Å². The highest BCUT2D eigenvalue weighted by Crippen LogP contribution is 2.27. The Bertz CT molecular complexity index is 882. The molecule has 1 saturated heterocycles. The SMILES string of the molecule is C[C@@H](c1cccc([N+](=O)[O-])c1)N(C)C(=O)Cc1csc(N2CCCC2=O)n1. The summed E-state index contributed by atoms with van der Waals surface area (Å²) in [5.41, 5.74) is 1.32. The Balaban J connectivity index is 1.67. The van der Waals surface area contributed by atoms with Crippen LogP contribution in [0.4, 0.5) is 10.8 Å². The first kappa shape index (κ1) is 19.0.